The molecule has 0 radical (unpaired) electrons. The number of carbonyl (C=O) groups is 1. The van der Waals surface area contributed by atoms with E-state index in [2.05, 4.69) is 40.5 Å². The van der Waals surface area contributed by atoms with E-state index in [0.717, 1.165) is 29.9 Å². The lowest BCUT2D eigenvalue weighted by atomic mass is 10.1. The molecule has 0 aromatic heterocycles. The zero-order valence-electron chi connectivity index (χ0n) is 16.0. The molecule has 1 N–H and O–H groups in total. The van der Waals surface area contributed by atoms with Crippen LogP contribution >= 0.6 is 0 Å². The van der Waals surface area contributed by atoms with Crippen LogP contribution in [0.25, 0.3) is 0 Å². The highest BCUT2D eigenvalue weighted by Crippen LogP contribution is 2.17. The lowest BCUT2D eigenvalue weighted by Crippen LogP contribution is -2.32. The quantitative estimate of drug-likeness (QED) is 0.648. The molecule has 0 spiro atoms. The minimum Gasteiger partial charge on any atom is -0.325 e. The molecule has 0 saturated carbocycles. The zero-order chi connectivity index (χ0) is 19.1. The summed E-state index contributed by atoms with van der Waals surface area (Å²) in [6, 6.07) is 26.7. The predicted molar refractivity (Wildman–Crippen MR) is 112 cm³/mol. The molecule has 0 bridgehead atoms. The predicted octanol–water partition coefficient (Wildman–Crippen LogP) is 4.94. The second kappa shape index (κ2) is 9.15. The van der Waals surface area contributed by atoms with Crippen molar-refractivity contribution in [3.8, 4) is 0 Å². The highest BCUT2D eigenvalue weighted by atomic mass is 16.2. The SMILES string of the molecule is Cc1ccc(C)c(NC(=O)CN(Cc2ccccc2)Cc2ccccc2)c1. The molecule has 138 valence electrons. The van der Waals surface area contributed by atoms with E-state index >= 15 is 0 Å². The summed E-state index contributed by atoms with van der Waals surface area (Å²) >= 11 is 0. The van der Waals surface area contributed by atoms with Gasteiger partial charge in [0.05, 0.1) is 6.54 Å². The Labute approximate surface area is 161 Å². The monoisotopic (exact) mass is 358 g/mol. The maximum absolute atomic E-state index is 12.7. The zero-order valence-corrected chi connectivity index (χ0v) is 16.0. The average molecular weight is 358 g/mol. The van der Waals surface area contributed by atoms with Crippen molar-refractivity contribution >= 4 is 11.6 Å². The molecule has 0 atom stereocenters. The summed E-state index contributed by atoms with van der Waals surface area (Å²) in [5, 5.41) is 3.07. The van der Waals surface area contributed by atoms with Crippen LogP contribution in [0.2, 0.25) is 0 Å². The molecule has 0 unspecified atom stereocenters. The van der Waals surface area contributed by atoms with Crippen molar-refractivity contribution in [3.05, 3.63) is 101 Å². The van der Waals surface area contributed by atoms with Gasteiger partial charge in [0, 0.05) is 18.8 Å². The first-order chi connectivity index (χ1) is 13.1. The second-order valence-electron chi connectivity index (χ2n) is 6.98. The lowest BCUT2D eigenvalue weighted by Gasteiger charge is -2.22. The summed E-state index contributed by atoms with van der Waals surface area (Å²) in [4.78, 5) is 14.9. The Hall–Kier alpha value is -2.91. The van der Waals surface area contributed by atoms with Crippen LogP contribution in [0.15, 0.2) is 78.9 Å². The number of hydrogen-bond acceptors (Lipinski definition) is 2. The van der Waals surface area contributed by atoms with E-state index in [1.807, 2.05) is 62.4 Å². The first-order valence-electron chi connectivity index (χ1n) is 9.27. The van der Waals surface area contributed by atoms with E-state index in [-0.39, 0.29) is 5.91 Å². The Bertz CT molecular complexity index is 834. The lowest BCUT2D eigenvalue weighted by molar-refractivity contribution is -0.117. The largest absolute Gasteiger partial charge is 0.325 e. The van der Waals surface area contributed by atoms with Gasteiger partial charge in [0.15, 0.2) is 0 Å². The Morgan fingerprint density at radius 2 is 1.37 bits per heavy atom. The van der Waals surface area contributed by atoms with Crippen molar-refractivity contribution in [2.45, 2.75) is 26.9 Å². The molecule has 3 heteroatoms. The second-order valence-corrected chi connectivity index (χ2v) is 6.98. The van der Waals surface area contributed by atoms with Gasteiger partial charge in [-0.15, -0.1) is 0 Å². The summed E-state index contributed by atoms with van der Waals surface area (Å²) in [6.07, 6.45) is 0. The molecule has 3 rings (SSSR count). The van der Waals surface area contributed by atoms with Gasteiger partial charge in [0.2, 0.25) is 5.91 Å². The molecular formula is C24H26N2O. The minimum absolute atomic E-state index is 0.00978. The molecule has 3 aromatic rings. The van der Waals surface area contributed by atoms with Crippen LogP contribution in [0, 0.1) is 13.8 Å². The number of nitrogens with one attached hydrogen (secondary N) is 1. The minimum atomic E-state index is 0.00978. The number of benzene rings is 3. The van der Waals surface area contributed by atoms with E-state index in [1.54, 1.807) is 0 Å². The summed E-state index contributed by atoms with van der Waals surface area (Å²) in [7, 11) is 0. The van der Waals surface area contributed by atoms with E-state index in [4.69, 9.17) is 0 Å². The van der Waals surface area contributed by atoms with Crippen LogP contribution in [0.4, 0.5) is 5.69 Å². The van der Waals surface area contributed by atoms with Crippen LogP contribution in [-0.4, -0.2) is 17.4 Å². The Balaban J connectivity index is 1.71. The van der Waals surface area contributed by atoms with Gasteiger partial charge in [0.25, 0.3) is 0 Å². The van der Waals surface area contributed by atoms with E-state index in [1.165, 1.54) is 11.1 Å². The third kappa shape index (κ3) is 5.80. The number of carbonyl (C=O) groups excluding carboxylic acids is 1. The number of aryl methyl sites for hydroxylation is 2. The molecule has 0 aliphatic heterocycles. The van der Waals surface area contributed by atoms with E-state index in [0.29, 0.717) is 6.54 Å². The summed E-state index contributed by atoms with van der Waals surface area (Å²) in [5.41, 5.74) is 5.51. The van der Waals surface area contributed by atoms with Crippen LogP contribution < -0.4 is 5.32 Å². The fraction of sp³-hybridized carbons (Fsp3) is 0.208. The van der Waals surface area contributed by atoms with Gasteiger partial charge in [-0.2, -0.15) is 0 Å². The number of hydrogen-bond donors (Lipinski definition) is 1. The standard InChI is InChI=1S/C24H26N2O/c1-19-13-14-20(2)23(15-19)25-24(27)18-26(16-21-9-5-3-6-10-21)17-22-11-7-4-8-12-22/h3-15H,16-18H2,1-2H3,(H,25,27). The Morgan fingerprint density at radius 1 is 0.815 bits per heavy atom. The van der Waals surface area contributed by atoms with Crippen molar-refractivity contribution in [2.24, 2.45) is 0 Å². The molecule has 0 heterocycles. The maximum atomic E-state index is 12.7. The van der Waals surface area contributed by atoms with Crippen LogP contribution in [-0.2, 0) is 17.9 Å². The average Bonchev–Trinajstić information content (AvgIpc) is 2.66. The van der Waals surface area contributed by atoms with E-state index in [9.17, 15) is 4.79 Å². The van der Waals surface area contributed by atoms with Gasteiger partial charge >= 0.3 is 0 Å². The Kier molecular flexibility index (Phi) is 6.39. The topological polar surface area (TPSA) is 32.3 Å². The third-order valence-corrected chi connectivity index (χ3v) is 4.53. The van der Waals surface area contributed by atoms with Gasteiger partial charge in [0.1, 0.15) is 0 Å². The summed E-state index contributed by atoms with van der Waals surface area (Å²) in [5.74, 6) is 0.00978. The van der Waals surface area contributed by atoms with Crippen molar-refractivity contribution in [2.75, 3.05) is 11.9 Å². The normalized spacial score (nSPS) is 10.8. The molecule has 0 aliphatic carbocycles. The molecule has 3 nitrogen and oxygen atoms in total. The van der Waals surface area contributed by atoms with Gasteiger partial charge < -0.3 is 5.32 Å². The molecule has 0 saturated heterocycles. The van der Waals surface area contributed by atoms with E-state index < -0.39 is 0 Å². The molecule has 0 fully saturated rings. The molecule has 3 aromatic carbocycles. The highest BCUT2D eigenvalue weighted by molar-refractivity contribution is 5.93. The molecule has 0 aliphatic rings. The number of amides is 1. The highest BCUT2D eigenvalue weighted by Gasteiger charge is 2.13. The number of anilines is 1. The molecule has 1 amide bonds. The fourth-order valence-corrected chi connectivity index (χ4v) is 3.11. The first kappa shape index (κ1) is 18.9. The van der Waals surface area contributed by atoms with Gasteiger partial charge in [-0.25, -0.2) is 0 Å². The summed E-state index contributed by atoms with van der Waals surface area (Å²) < 4.78 is 0. The number of nitrogens with zero attached hydrogens (tertiary/aromatic N) is 1. The van der Waals surface area contributed by atoms with Crippen LogP contribution in [0.5, 0.6) is 0 Å². The van der Waals surface area contributed by atoms with Crippen LogP contribution in [0.3, 0.4) is 0 Å². The van der Waals surface area contributed by atoms with Crippen molar-refractivity contribution in [1.82, 2.24) is 4.90 Å². The van der Waals surface area contributed by atoms with Crippen molar-refractivity contribution < 1.29 is 4.79 Å². The van der Waals surface area contributed by atoms with Crippen molar-refractivity contribution in [3.63, 3.8) is 0 Å². The smallest absolute Gasteiger partial charge is 0.238 e. The third-order valence-electron chi connectivity index (χ3n) is 4.53. The van der Waals surface area contributed by atoms with Gasteiger partial charge in [-0.3, -0.25) is 9.69 Å². The summed E-state index contributed by atoms with van der Waals surface area (Å²) in [6.45, 7) is 5.86. The number of rotatable bonds is 7. The fourth-order valence-electron chi connectivity index (χ4n) is 3.11. The molecular weight excluding hydrogens is 332 g/mol. The maximum Gasteiger partial charge on any atom is 0.238 e. The Morgan fingerprint density at radius 3 is 1.93 bits per heavy atom. The first-order valence-corrected chi connectivity index (χ1v) is 9.27. The van der Waals surface area contributed by atoms with Gasteiger partial charge in [-0.1, -0.05) is 72.8 Å². The van der Waals surface area contributed by atoms with Gasteiger partial charge in [-0.05, 0) is 42.2 Å². The van der Waals surface area contributed by atoms with Crippen LogP contribution in [0.1, 0.15) is 22.3 Å². The molecule has 27 heavy (non-hydrogen) atoms. The van der Waals surface area contributed by atoms with Crippen molar-refractivity contribution in [1.29, 1.82) is 0 Å².